The van der Waals surface area contributed by atoms with Crippen molar-refractivity contribution in [1.29, 1.82) is 0 Å². The van der Waals surface area contributed by atoms with Crippen molar-refractivity contribution in [1.82, 2.24) is 25.0 Å². The van der Waals surface area contributed by atoms with Gasteiger partial charge in [0.15, 0.2) is 0 Å². The van der Waals surface area contributed by atoms with Gasteiger partial charge in [-0.15, -0.1) is 11.3 Å². The molecule has 0 saturated heterocycles. The molecule has 2 N–H and O–H groups in total. The Morgan fingerprint density at radius 1 is 1.20 bits per heavy atom. The fourth-order valence-corrected chi connectivity index (χ4v) is 7.14. The largest absolute Gasteiger partial charge is 0.490 e. The number of hydrogen-bond acceptors (Lipinski definition) is 7. The van der Waals surface area contributed by atoms with Crippen LogP contribution in [0.5, 0.6) is 5.75 Å². The first-order valence-corrected chi connectivity index (χ1v) is 15.7. The zero-order valence-corrected chi connectivity index (χ0v) is 25.8. The molecule has 0 spiro atoms. The Labute approximate surface area is 266 Å². The molecule has 9 nitrogen and oxygen atoms in total. The van der Waals surface area contributed by atoms with Crippen molar-refractivity contribution in [2.24, 2.45) is 0 Å². The van der Waals surface area contributed by atoms with Gasteiger partial charge in [-0.05, 0) is 55.1 Å². The lowest BCUT2D eigenvalue weighted by atomic mass is 9.95. The Bertz CT molecular complexity index is 2070. The number of aliphatic hydroxyl groups is 1. The van der Waals surface area contributed by atoms with Crippen LogP contribution in [0.1, 0.15) is 41.5 Å². The van der Waals surface area contributed by atoms with E-state index in [0.29, 0.717) is 52.5 Å². The van der Waals surface area contributed by atoms with E-state index in [9.17, 15) is 19.1 Å². The Kier molecular flexibility index (Phi) is 7.41. The summed E-state index contributed by atoms with van der Waals surface area (Å²) < 4.78 is 38.9. The average molecular weight is 642 g/mol. The summed E-state index contributed by atoms with van der Waals surface area (Å²) in [6.45, 7) is 8.13. The minimum atomic E-state index is -0.885. The third-order valence-electron chi connectivity index (χ3n) is 8.38. The predicted molar refractivity (Wildman–Crippen MR) is 170 cm³/mol. The Morgan fingerprint density at radius 2 is 2.02 bits per heavy atom. The molecule has 2 amide bonds. The Morgan fingerprint density at radius 3 is 2.80 bits per heavy atom. The first-order chi connectivity index (χ1) is 22.1. The van der Waals surface area contributed by atoms with Crippen LogP contribution in [0.25, 0.3) is 43.9 Å². The number of hydrogen-bond donors (Lipinski definition) is 2. The van der Waals surface area contributed by atoms with Gasteiger partial charge in [-0.1, -0.05) is 12.6 Å². The van der Waals surface area contributed by atoms with Gasteiger partial charge in [0.1, 0.15) is 35.4 Å². The number of fused-ring (bicyclic) bond motifs is 3. The zero-order valence-electron chi connectivity index (χ0n) is 25.0. The summed E-state index contributed by atoms with van der Waals surface area (Å²) in [6, 6.07) is 10.8. The highest BCUT2D eigenvalue weighted by Gasteiger charge is 2.32. The maximum absolute atomic E-state index is 16.0. The second-order valence-corrected chi connectivity index (χ2v) is 12.3. The number of carbonyl (C=O) groups excluding carboxylic acids is 2. The van der Waals surface area contributed by atoms with E-state index in [4.69, 9.17) is 14.8 Å². The number of pyridine rings is 1. The van der Waals surface area contributed by atoms with Gasteiger partial charge in [-0.2, -0.15) is 5.10 Å². The number of rotatable bonds is 7. The molecule has 5 heterocycles. The summed E-state index contributed by atoms with van der Waals surface area (Å²) in [4.78, 5) is 31.7. The lowest BCUT2D eigenvalue weighted by Gasteiger charge is -2.33. The topological polar surface area (TPSA) is 110 Å². The first-order valence-electron chi connectivity index (χ1n) is 14.8. The van der Waals surface area contributed by atoms with Crippen molar-refractivity contribution >= 4 is 33.2 Å². The predicted octanol–water partition coefficient (Wildman–Crippen LogP) is 5.86. The number of nitrogens with zero attached hydrogens (tertiary/aromatic N) is 4. The van der Waals surface area contributed by atoms with Crippen molar-refractivity contribution < 1.29 is 28.2 Å². The Hall–Kier alpha value is -4.94. The van der Waals surface area contributed by atoms with Crippen LogP contribution < -0.4 is 10.1 Å². The van der Waals surface area contributed by atoms with Crippen LogP contribution in [-0.4, -0.2) is 55.8 Å². The second kappa shape index (κ2) is 11.5. The van der Waals surface area contributed by atoms with Crippen LogP contribution in [0.4, 0.5) is 8.78 Å². The molecule has 3 aromatic heterocycles. The summed E-state index contributed by atoms with van der Waals surface area (Å²) in [6.07, 6.45) is 0.399. The highest BCUT2D eigenvalue weighted by atomic mass is 32.1. The first kappa shape index (κ1) is 29.8. The van der Waals surface area contributed by atoms with Crippen LogP contribution in [0.15, 0.2) is 60.5 Å². The summed E-state index contributed by atoms with van der Waals surface area (Å²) in [7, 11) is 0. The maximum atomic E-state index is 16.0. The van der Waals surface area contributed by atoms with Gasteiger partial charge in [-0.25, -0.2) is 13.8 Å². The van der Waals surface area contributed by atoms with Crippen LogP contribution in [-0.2, 0) is 17.9 Å². The van der Waals surface area contributed by atoms with E-state index in [2.05, 4.69) is 11.9 Å². The van der Waals surface area contributed by atoms with E-state index in [0.717, 1.165) is 34.3 Å². The monoisotopic (exact) mass is 641 g/mol. The van der Waals surface area contributed by atoms with Gasteiger partial charge in [-0.3, -0.25) is 14.3 Å². The highest BCUT2D eigenvalue weighted by molar-refractivity contribution is 7.18. The van der Waals surface area contributed by atoms with Crippen molar-refractivity contribution in [3.8, 4) is 39.5 Å². The molecule has 0 bridgehead atoms. The number of thiophene rings is 1. The van der Waals surface area contributed by atoms with Gasteiger partial charge < -0.3 is 20.1 Å². The molecule has 12 heteroatoms. The average Bonchev–Trinajstić information content (AvgIpc) is 3.78. The summed E-state index contributed by atoms with van der Waals surface area (Å²) in [5.74, 6) is -2.08. The third-order valence-corrected chi connectivity index (χ3v) is 9.31. The minimum Gasteiger partial charge on any atom is -0.490 e. The van der Waals surface area contributed by atoms with E-state index < -0.39 is 17.7 Å². The van der Waals surface area contributed by atoms with Crippen LogP contribution >= 0.6 is 11.3 Å². The zero-order chi connectivity index (χ0) is 32.3. The van der Waals surface area contributed by atoms with Gasteiger partial charge in [0.25, 0.3) is 5.91 Å². The molecule has 0 fully saturated rings. The van der Waals surface area contributed by atoms with Crippen LogP contribution in [0, 0.1) is 11.6 Å². The van der Waals surface area contributed by atoms with E-state index in [1.807, 2.05) is 41.3 Å². The van der Waals surface area contributed by atoms with Gasteiger partial charge in [0.2, 0.25) is 5.91 Å². The van der Waals surface area contributed by atoms with Crippen molar-refractivity contribution in [3.63, 3.8) is 0 Å². The van der Waals surface area contributed by atoms with Gasteiger partial charge in [0.05, 0.1) is 35.6 Å². The maximum Gasteiger partial charge on any atom is 0.251 e. The number of aromatic nitrogens is 3. The summed E-state index contributed by atoms with van der Waals surface area (Å²) in [5, 5.41) is 20.3. The summed E-state index contributed by atoms with van der Waals surface area (Å²) >= 11 is 1.37. The van der Waals surface area contributed by atoms with Gasteiger partial charge in [0, 0.05) is 52.0 Å². The van der Waals surface area contributed by atoms with E-state index in [1.165, 1.54) is 24.3 Å². The quantitative estimate of drug-likeness (QED) is 0.216. The molecule has 2 aromatic carbocycles. The molecule has 2 atom stereocenters. The van der Waals surface area contributed by atoms with Crippen molar-refractivity contribution in [2.75, 3.05) is 13.2 Å². The van der Waals surface area contributed by atoms with Crippen LogP contribution in [0.3, 0.4) is 0 Å². The van der Waals surface area contributed by atoms with E-state index in [-0.39, 0.29) is 35.8 Å². The minimum absolute atomic E-state index is 0.00483. The molecule has 2 aliphatic heterocycles. The number of benzene rings is 2. The molecule has 5 aromatic rings. The number of amides is 2. The molecule has 0 aliphatic carbocycles. The Balaban J connectivity index is 1.50. The van der Waals surface area contributed by atoms with Crippen molar-refractivity contribution in [2.45, 2.75) is 39.1 Å². The second-order valence-electron chi connectivity index (χ2n) is 11.4. The number of aliphatic hydroxyl groups excluding tert-OH is 1. The normalized spacial score (nSPS) is 16.2. The molecule has 46 heavy (non-hydrogen) atoms. The van der Waals surface area contributed by atoms with E-state index in [1.54, 1.807) is 11.0 Å². The lowest BCUT2D eigenvalue weighted by molar-refractivity contribution is -0.129. The SMILES string of the molecule is C=CC(=O)N1CCn2nc(-c3nc(-c4ccc5c(c4)CNC5=O)c4ccsc4c3-c3c(F)cc(F)cc3OC[C@@H](C)O)cc2[C@H]1C. The van der Waals surface area contributed by atoms with E-state index >= 15 is 4.39 Å². The molecule has 0 unspecified atom stereocenters. The highest BCUT2D eigenvalue weighted by Crippen LogP contribution is 2.47. The smallest absolute Gasteiger partial charge is 0.251 e. The fourth-order valence-electron chi connectivity index (χ4n) is 6.19. The number of ether oxygens (including phenoxy) is 1. The third kappa shape index (κ3) is 4.94. The molecule has 7 rings (SSSR count). The van der Waals surface area contributed by atoms with Gasteiger partial charge >= 0.3 is 0 Å². The standard InChI is InChI=1S/C34H29F2N5O4S/c1-4-28(43)40-8-9-41-26(18(40)3)14-25(39-41)32-30(29-24(36)12-21(35)13-27(29)45-16-17(2)42)33-23(7-10-46-33)31(38-32)19-5-6-22-20(11-19)15-37-34(22)44/h4-7,10-14,17-18,42H,1,8-9,15-16H2,2-3H3,(H,37,44)/t17-,18-/m1/s1. The number of nitrogens with one attached hydrogen (secondary N) is 1. The molecule has 0 radical (unpaired) electrons. The van der Waals surface area contributed by atoms with Crippen LogP contribution in [0.2, 0.25) is 0 Å². The summed E-state index contributed by atoms with van der Waals surface area (Å²) in [5.41, 5.74) is 4.71. The molecular formula is C34H29F2N5O4S. The molecule has 0 saturated carbocycles. The fraction of sp³-hybridized carbons (Fsp3) is 0.235. The molecule has 234 valence electrons. The molecule has 2 aliphatic rings. The van der Waals surface area contributed by atoms with Crippen molar-refractivity contribution in [3.05, 3.63) is 89.0 Å². The number of halogens is 2. The lowest BCUT2D eigenvalue weighted by Crippen LogP contribution is -2.40. The number of carbonyl (C=O) groups is 2. The molecular weight excluding hydrogens is 612 g/mol.